The minimum absolute atomic E-state index is 0.0117. The molecule has 2 aromatic rings. The first kappa shape index (κ1) is 28.9. The molecular formula is C28H34F3N5O5. The summed E-state index contributed by atoms with van der Waals surface area (Å²) < 4.78 is 52.5. The Bertz CT molecular complexity index is 1310. The molecule has 0 N–H and O–H groups in total. The Hall–Kier alpha value is -3.64. The number of esters is 1. The molecule has 1 aromatic carbocycles. The van der Waals surface area contributed by atoms with Gasteiger partial charge in [-0.15, -0.1) is 5.10 Å². The smallest absolute Gasteiger partial charge is 0.435 e. The number of nitrogens with zero attached hydrogens (tertiary/aromatic N) is 5. The van der Waals surface area contributed by atoms with Crippen LogP contribution in [0.1, 0.15) is 67.1 Å². The van der Waals surface area contributed by atoms with Crippen LogP contribution in [0.25, 0.3) is 0 Å². The van der Waals surface area contributed by atoms with Crippen LogP contribution in [0.2, 0.25) is 0 Å². The number of aromatic nitrogens is 3. The number of benzene rings is 1. The van der Waals surface area contributed by atoms with Gasteiger partial charge in [-0.25, -0.2) is 4.68 Å². The van der Waals surface area contributed by atoms with Crippen LogP contribution in [0.4, 0.5) is 13.2 Å². The van der Waals surface area contributed by atoms with E-state index in [1.807, 2.05) is 6.07 Å². The zero-order valence-corrected chi connectivity index (χ0v) is 23.2. The van der Waals surface area contributed by atoms with Gasteiger partial charge in [-0.2, -0.15) is 13.2 Å². The number of rotatable bonds is 7. The van der Waals surface area contributed by atoms with Crippen molar-refractivity contribution in [3.8, 4) is 5.75 Å². The second kappa shape index (κ2) is 11.7. The van der Waals surface area contributed by atoms with Gasteiger partial charge in [-0.3, -0.25) is 14.4 Å². The van der Waals surface area contributed by atoms with Crippen LogP contribution in [0.5, 0.6) is 5.75 Å². The number of hydrogen-bond donors (Lipinski definition) is 0. The molecular weight excluding hydrogens is 543 g/mol. The first-order valence-corrected chi connectivity index (χ1v) is 14.0. The molecule has 0 unspecified atom stereocenters. The van der Waals surface area contributed by atoms with Gasteiger partial charge in [0.1, 0.15) is 18.1 Å². The molecule has 3 aliphatic rings. The highest BCUT2D eigenvalue weighted by molar-refractivity contribution is 5.86. The van der Waals surface area contributed by atoms with Crippen LogP contribution >= 0.6 is 0 Å². The highest BCUT2D eigenvalue weighted by Gasteiger charge is 2.44. The third kappa shape index (κ3) is 5.76. The zero-order chi connectivity index (χ0) is 29.3. The van der Waals surface area contributed by atoms with Gasteiger partial charge in [0.2, 0.25) is 11.8 Å². The molecule has 41 heavy (non-hydrogen) atoms. The fourth-order valence-corrected chi connectivity index (χ4v) is 6.49. The van der Waals surface area contributed by atoms with Crippen molar-refractivity contribution >= 4 is 17.8 Å². The van der Waals surface area contributed by atoms with Crippen molar-refractivity contribution in [3.63, 3.8) is 0 Å². The number of hydrogen-bond acceptors (Lipinski definition) is 7. The van der Waals surface area contributed by atoms with E-state index in [1.165, 1.54) is 14.2 Å². The lowest BCUT2D eigenvalue weighted by Gasteiger charge is -2.42. The lowest BCUT2D eigenvalue weighted by molar-refractivity contribution is -0.156. The normalized spacial score (nSPS) is 23.0. The predicted molar refractivity (Wildman–Crippen MR) is 138 cm³/mol. The number of methoxy groups -OCH3 is 1. The molecule has 2 aliphatic heterocycles. The monoisotopic (exact) mass is 577 g/mol. The largest absolute Gasteiger partial charge is 0.487 e. The summed E-state index contributed by atoms with van der Waals surface area (Å²) in [5, 5.41) is 7.19. The van der Waals surface area contributed by atoms with Crippen molar-refractivity contribution in [2.45, 2.75) is 63.8 Å². The molecule has 2 fully saturated rings. The minimum Gasteiger partial charge on any atom is -0.487 e. The van der Waals surface area contributed by atoms with E-state index in [0.29, 0.717) is 61.2 Å². The number of carbonyl (C=O) groups is 3. The lowest BCUT2D eigenvalue weighted by atomic mass is 9.77. The molecule has 13 heteroatoms. The van der Waals surface area contributed by atoms with Gasteiger partial charge in [0.05, 0.1) is 25.0 Å². The van der Waals surface area contributed by atoms with E-state index >= 15 is 0 Å². The maximum absolute atomic E-state index is 14.1. The van der Waals surface area contributed by atoms with Crippen LogP contribution in [-0.4, -0.2) is 69.3 Å². The maximum atomic E-state index is 14.1. The Morgan fingerprint density at radius 2 is 1.83 bits per heavy atom. The van der Waals surface area contributed by atoms with Crippen LogP contribution in [-0.2, 0) is 45.4 Å². The number of carbonyl (C=O) groups excluding carboxylic acids is 3. The summed E-state index contributed by atoms with van der Waals surface area (Å²) in [6.45, 7) is 0.690. The first-order chi connectivity index (χ1) is 19.6. The van der Waals surface area contributed by atoms with Crippen molar-refractivity contribution in [2.24, 2.45) is 18.9 Å². The summed E-state index contributed by atoms with van der Waals surface area (Å²) >= 11 is 0. The maximum Gasteiger partial charge on any atom is 0.435 e. The van der Waals surface area contributed by atoms with Crippen molar-refractivity contribution in [2.75, 3.05) is 26.7 Å². The molecule has 3 atom stereocenters. The highest BCUT2D eigenvalue weighted by Crippen LogP contribution is 2.41. The third-order valence-electron chi connectivity index (χ3n) is 8.45. The topological polar surface area (TPSA) is 107 Å². The van der Waals surface area contributed by atoms with Crippen molar-refractivity contribution in [3.05, 3.63) is 40.7 Å². The summed E-state index contributed by atoms with van der Waals surface area (Å²) in [7, 11) is 2.49. The predicted octanol–water partition coefficient (Wildman–Crippen LogP) is 3.44. The summed E-state index contributed by atoms with van der Waals surface area (Å²) in [4.78, 5) is 42.8. The molecule has 0 spiro atoms. The molecule has 2 amide bonds. The number of halogens is 3. The van der Waals surface area contributed by atoms with Crippen LogP contribution in [0.15, 0.2) is 18.2 Å². The summed E-state index contributed by atoms with van der Waals surface area (Å²) in [6, 6.07) is 4.74. The number of fused-ring (bicyclic) bond motifs is 1. The Kier molecular flexibility index (Phi) is 8.23. The van der Waals surface area contributed by atoms with Crippen LogP contribution in [0.3, 0.4) is 0 Å². The number of aryl methyl sites for hydroxylation is 1. The minimum atomic E-state index is -4.66. The van der Waals surface area contributed by atoms with Gasteiger partial charge >= 0.3 is 12.1 Å². The summed E-state index contributed by atoms with van der Waals surface area (Å²) in [5.74, 6) is -1.35. The van der Waals surface area contributed by atoms with E-state index in [-0.39, 0.29) is 24.1 Å². The van der Waals surface area contributed by atoms with Gasteiger partial charge in [-0.05, 0) is 37.3 Å². The van der Waals surface area contributed by atoms with E-state index in [2.05, 4.69) is 10.3 Å². The van der Waals surface area contributed by atoms with Crippen LogP contribution in [0, 0.1) is 11.8 Å². The molecule has 10 nitrogen and oxygen atoms in total. The quantitative estimate of drug-likeness (QED) is 0.464. The van der Waals surface area contributed by atoms with Gasteiger partial charge in [0.25, 0.3) is 0 Å². The molecule has 0 radical (unpaired) electrons. The molecule has 222 valence electrons. The first-order valence-electron chi connectivity index (χ1n) is 14.0. The number of likely N-dealkylation sites (tertiary alicyclic amines) is 1. The van der Waals surface area contributed by atoms with E-state index in [4.69, 9.17) is 9.47 Å². The fourth-order valence-electron chi connectivity index (χ4n) is 6.49. The second-order valence-corrected chi connectivity index (χ2v) is 10.9. The average molecular weight is 578 g/mol. The van der Waals surface area contributed by atoms with Gasteiger partial charge < -0.3 is 19.3 Å². The average Bonchev–Trinajstić information content (AvgIpc) is 3.55. The number of amides is 2. The molecule has 5 rings (SSSR count). The van der Waals surface area contributed by atoms with E-state index < -0.39 is 42.3 Å². The fraction of sp³-hybridized carbons (Fsp3) is 0.607. The second-order valence-electron chi connectivity index (χ2n) is 10.9. The number of ether oxygens (including phenoxy) is 2. The van der Waals surface area contributed by atoms with Gasteiger partial charge in [-0.1, -0.05) is 30.2 Å². The van der Waals surface area contributed by atoms with E-state index in [0.717, 1.165) is 18.4 Å². The standard InChI is InChI=1S/C28H34F3N5O5/c1-34-25(28(29,30)31)20(32-33-34)16-41-22-10-5-7-17-12-14-36(21(24(17)22)15-35-13-6-11-23(35)37)26(38)18-8-3-4-9-19(18)27(39)40-2/h5,7,10,18-19,21H,3-4,6,8-9,11-16H2,1-2H3/t18-,19+,21-/m1/s1. The number of alkyl halides is 3. The van der Waals surface area contributed by atoms with Gasteiger partial charge in [0, 0.05) is 38.7 Å². The molecule has 1 aromatic heterocycles. The van der Waals surface area contributed by atoms with Crippen molar-refractivity contribution in [1.29, 1.82) is 0 Å². The third-order valence-corrected chi connectivity index (χ3v) is 8.45. The Morgan fingerprint density at radius 3 is 2.51 bits per heavy atom. The van der Waals surface area contributed by atoms with Crippen molar-refractivity contribution in [1.82, 2.24) is 24.8 Å². The summed E-state index contributed by atoms with van der Waals surface area (Å²) in [5.41, 5.74) is 0.210. The van der Waals surface area contributed by atoms with Gasteiger partial charge in [0.15, 0.2) is 5.69 Å². The van der Waals surface area contributed by atoms with E-state index in [1.54, 1.807) is 21.9 Å². The van der Waals surface area contributed by atoms with Crippen molar-refractivity contribution < 1.29 is 37.0 Å². The Balaban J connectivity index is 1.49. The molecule has 0 bridgehead atoms. The van der Waals surface area contributed by atoms with Crippen LogP contribution < -0.4 is 4.74 Å². The molecule has 1 aliphatic carbocycles. The lowest BCUT2D eigenvalue weighted by Crippen LogP contribution is -2.50. The highest BCUT2D eigenvalue weighted by atomic mass is 19.4. The molecule has 1 saturated carbocycles. The summed E-state index contributed by atoms with van der Waals surface area (Å²) in [6.07, 6.45) is -0.256. The van der Waals surface area contributed by atoms with E-state index in [9.17, 15) is 27.6 Å². The molecule has 3 heterocycles. The Morgan fingerprint density at radius 1 is 1.07 bits per heavy atom. The Labute approximate surface area is 235 Å². The zero-order valence-electron chi connectivity index (χ0n) is 23.2. The molecule has 1 saturated heterocycles. The SMILES string of the molecule is COC(=O)[C@H]1CCCC[C@H]1C(=O)N1CCc2cccc(OCc3nnn(C)c3C(F)(F)F)c2[C@H]1CN1CCCC1=O.